The van der Waals surface area contributed by atoms with E-state index < -0.39 is 6.10 Å². The van der Waals surface area contributed by atoms with Gasteiger partial charge in [-0.15, -0.1) is 0 Å². The van der Waals surface area contributed by atoms with Gasteiger partial charge in [0, 0.05) is 55.8 Å². The van der Waals surface area contributed by atoms with Crippen molar-refractivity contribution in [3.8, 4) is 11.9 Å². The van der Waals surface area contributed by atoms with E-state index in [-0.39, 0.29) is 12.6 Å². The number of rotatable bonds is 7. The van der Waals surface area contributed by atoms with E-state index in [0.29, 0.717) is 30.0 Å². The Morgan fingerprint density at radius 2 is 2.12 bits per heavy atom. The van der Waals surface area contributed by atoms with Gasteiger partial charge in [-0.3, -0.25) is 0 Å². The fourth-order valence-corrected chi connectivity index (χ4v) is 4.63. The summed E-state index contributed by atoms with van der Waals surface area (Å²) in [5, 5.41) is 27.8. The fourth-order valence-electron chi connectivity index (χ4n) is 4.63. The fraction of sp³-hybridized carbons (Fsp3) is 0.360. The molecule has 0 saturated carbocycles. The van der Waals surface area contributed by atoms with E-state index in [1.54, 1.807) is 29.2 Å². The molecule has 2 N–H and O–H groups in total. The van der Waals surface area contributed by atoms with Crippen molar-refractivity contribution in [2.75, 3.05) is 24.5 Å². The third kappa shape index (κ3) is 4.14. The Morgan fingerprint density at radius 1 is 1.29 bits per heavy atom. The average Bonchev–Trinajstić information content (AvgIpc) is 3.61. The third-order valence-electron chi connectivity index (χ3n) is 6.54. The number of esters is 1. The number of fused-ring (bicyclic) bond motifs is 1. The first kappa shape index (κ1) is 22.1. The first-order chi connectivity index (χ1) is 16.5. The Balaban J connectivity index is 1.23. The minimum atomic E-state index is -0.709. The molecule has 0 unspecified atom stereocenters. The Bertz CT molecular complexity index is 1270. The number of cyclic esters (lactones) is 1. The minimum absolute atomic E-state index is 0.260. The Morgan fingerprint density at radius 3 is 2.91 bits per heavy atom. The highest BCUT2D eigenvalue weighted by Gasteiger charge is 2.25. The molecule has 0 bridgehead atoms. The second kappa shape index (κ2) is 9.25. The van der Waals surface area contributed by atoms with Crippen molar-refractivity contribution in [2.45, 2.75) is 39.0 Å². The molecule has 2 aromatic heterocycles. The summed E-state index contributed by atoms with van der Waals surface area (Å²) >= 11 is 0. The van der Waals surface area contributed by atoms with Gasteiger partial charge in [0.15, 0.2) is 5.82 Å². The van der Waals surface area contributed by atoms with Gasteiger partial charge in [0.05, 0.1) is 29.1 Å². The van der Waals surface area contributed by atoms with Crippen molar-refractivity contribution < 1.29 is 14.6 Å². The van der Waals surface area contributed by atoms with Crippen LogP contribution in [-0.4, -0.2) is 45.5 Å². The zero-order valence-corrected chi connectivity index (χ0v) is 19.0. The number of aliphatic hydroxyl groups is 1. The molecular formula is C25H26N6O3. The number of hydrogen-bond donors (Lipinski definition) is 2. The zero-order valence-electron chi connectivity index (χ0n) is 19.0. The summed E-state index contributed by atoms with van der Waals surface area (Å²) in [6, 6.07) is 7.67. The number of benzene rings is 1. The van der Waals surface area contributed by atoms with E-state index in [0.717, 1.165) is 53.9 Å². The molecule has 1 atom stereocenters. The topological polar surface area (TPSA) is 116 Å². The molecule has 0 amide bonds. The highest BCUT2D eigenvalue weighted by atomic mass is 16.5. The first-order valence-corrected chi connectivity index (χ1v) is 11.4. The summed E-state index contributed by atoms with van der Waals surface area (Å²) < 4.78 is 6.80. The van der Waals surface area contributed by atoms with Crippen molar-refractivity contribution >= 4 is 11.7 Å². The number of carbonyl (C=O) groups is 1. The quantitative estimate of drug-likeness (QED) is 0.519. The molecule has 0 spiro atoms. The maximum atomic E-state index is 11.7. The van der Waals surface area contributed by atoms with Crippen LogP contribution < -0.4 is 10.2 Å². The smallest absolute Gasteiger partial charge is 0.338 e. The van der Waals surface area contributed by atoms with Crippen molar-refractivity contribution in [2.24, 2.45) is 0 Å². The lowest BCUT2D eigenvalue weighted by molar-refractivity contribution is 0.0535. The monoisotopic (exact) mass is 458 g/mol. The first-order valence-electron chi connectivity index (χ1n) is 11.4. The van der Waals surface area contributed by atoms with Gasteiger partial charge in [-0.05, 0) is 37.0 Å². The van der Waals surface area contributed by atoms with Crippen LogP contribution >= 0.6 is 0 Å². The SMILES string of the molecule is Cc1c([C@@H](O)CNCc2cnn(-c3cc(N4CCCC4)c(C#N)cn3)c2)ccc2c1COC2=O. The number of carbonyl (C=O) groups excluding carboxylic acids is 1. The number of ether oxygens (including phenoxy) is 1. The lowest BCUT2D eigenvalue weighted by Crippen LogP contribution is -2.21. The number of aromatic nitrogens is 3. The van der Waals surface area contributed by atoms with Gasteiger partial charge in [-0.1, -0.05) is 6.07 Å². The van der Waals surface area contributed by atoms with E-state index in [9.17, 15) is 15.2 Å². The Kier molecular flexibility index (Phi) is 6.01. The molecular weight excluding hydrogens is 432 g/mol. The number of nitriles is 1. The Hall–Kier alpha value is -3.74. The molecule has 4 heterocycles. The molecule has 0 aliphatic carbocycles. The number of nitrogens with one attached hydrogen (secondary N) is 1. The molecule has 34 heavy (non-hydrogen) atoms. The van der Waals surface area contributed by atoms with Crippen LogP contribution in [0.25, 0.3) is 5.82 Å². The lowest BCUT2D eigenvalue weighted by Gasteiger charge is -2.19. The van der Waals surface area contributed by atoms with Gasteiger partial charge in [0.1, 0.15) is 12.7 Å². The molecule has 1 saturated heterocycles. The number of nitrogens with zero attached hydrogens (tertiary/aromatic N) is 5. The van der Waals surface area contributed by atoms with Crippen molar-refractivity contribution in [3.63, 3.8) is 0 Å². The Labute approximate surface area is 197 Å². The van der Waals surface area contributed by atoms with E-state index in [2.05, 4.69) is 26.4 Å². The highest BCUT2D eigenvalue weighted by Crippen LogP contribution is 2.29. The lowest BCUT2D eigenvalue weighted by atomic mass is 9.95. The van der Waals surface area contributed by atoms with Gasteiger partial charge < -0.3 is 20.1 Å². The summed E-state index contributed by atoms with van der Waals surface area (Å²) in [4.78, 5) is 18.4. The molecule has 9 heteroatoms. The molecule has 2 aliphatic heterocycles. The second-order valence-corrected chi connectivity index (χ2v) is 8.69. The number of pyridine rings is 1. The van der Waals surface area contributed by atoms with Gasteiger partial charge in [0.25, 0.3) is 0 Å². The zero-order chi connectivity index (χ0) is 23.7. The van der Waals surface area contributed by atoms with Gasteiger partial charge in [-0.25, -0.2) is 14.5 Å². The van der Waals surface area contributed by atoms with Crippen LogP contribution in [0.4, 0.5) is 5.69 Å². The van der Waals surface area contributed by atoms with Gasteiger partial charge >= 0.3 is 5.97 Å². The van der Waals surface area contributed by atoms with Crippen LogP contribution in [0.15, 0.2) is 36.8 Å². The predicted molar refractivity (Wildman–Crippen MR) is 124 cm³/mol. The normalized spacial score (nSPS) is 15.8. The number of hydrogen-bond acceptors (Lipinski definition) is 8. The van der Waals surface area contributed by atoms with Crippen molar-refractivity contribution in [1.82, 2.24) is 20.1 Å². The summed E-state index contributed by atoms with van der Waals surface area (Å²) in [5.74, 6) is 0.358. The van der Waals surface area contributed by atoms with Crippen LogP contribution in [0.2, 0.25) is 0 Å². The van der Waals surface area contributed by atoms with E-state index in [1.165, 1.54) is 0 Å². The second-order valence-electron chi connectivity index (χ2n) is 8.69. The number of anilines is 1. The molecule has 5 rings (SSSR count). The van der Waals surface area contributed by atoms with Crippen LogP contribution in [0.3, 0.4) is 0 Å². The molecule has 9 nitrogen and oxygen atoms in total. The summed E-state index contributed by atoms with van der Waals surface area (Å²) in [6.07, 6.45) is 6.81. The van der Waals surface area contributed by atoms with Gasteiger partial charge in [-0.2, -0.15) is 10.4 Å². The van der Waals surface area contributed by atoms with Crippen LogP contribution in [0.5, 0.6) is 0 Å². The maximum Gasteiger partial charge on any atom is 0.338 e. The molecule has 2 aliphatic rings. The van der Waals surface area contributed by atoms with Crippen LogP contribution in [0.1, 0.15) is 57.1 Å². The average molecular weight is 459 g/mol. The summed E-state index contributed by atoms with van der Waals surface area (Å²) in [5.41, 5.74) is 5.55. The van der Waals surface area contributed by atoms with E-state index >= 15 is 0 Å². The molecule has 1 aromatic carbocycles. The molecule has 3 aromatic rings. The van der Waals surface area contributed by atoms with E-state index in [1.807, 2.05) is 19.2 Å². The standard InChI is InChI=1S/C25H26N6O3/c1-16-19(4-5-20-21(16)15-34-25(20)33)23(32)13-27-10-17-11-29-31(14-17)24-8-22(18(9-26)12-28-24)30-6-2-3-7-30/h4-5,8,11-12,14,23,27,32H,2-3,6-7,10,13,15H2,1H3/t23-/m0/s1. The maximum absolute atomic E-state index is 11.7. The largest absolute Gasteiger partial charge is 0.457 e. The van der Waals surface area contributed by atoms with Crippen LogP contribution in [-0.2, 0) is 17.9 Å². The highest BCUT2D eigenvalue weighted by molar-refractivity contribution is 5.93. The predicted octanol–water partition coefficient (Wildman–Crippen LogP) is 2.54. The summed E-state index contributed by atoms with van der Waals surface area (Å²) in [7, 11) is 0. The third-order valence-corrected chi connectivity index (χ3v) is 6.54. The van der Waals surface area contributed by atoms with Crippen molar-refractivity contribution in [3.05, 3.63) is 70.2 Å². The summed E-state index contributed by atoms with van der Waals surface area (Å²) in [6.45, 7) is 4.94. The molecule has 1 fully saturated rings. The molecule has 174 valence electrons. The minimum Gasteiger partial charge on any atom is -0.457 e. The van der Waals surface area contributed by atoms with E-state index in [4.69, 9.17) is 4.74 Å². The van der Waals surface area contributed by atoms with Gasteiger partial charge in [0.2, 0.25) is 0 Å². The number of aliphatic hydroxyl groups excluding tert-OH is 1. The van der Waals surface area contributed by atoms with Crippen molar-refractivity contribution in [1.29, 1.82) is 5.26 Å². The van der Waals surface area contributed by atoms with Crippen LogP contribution in [0, 0.1) is 18.3 Å². The molecule has 0 radical (unpaired) electrons.